The van der Waals surface area contributed by atoms with Crippen LogP contribution < -0.4 is 5.32 Å². The van der Waals surface area contributed by atoms with Gasteiger partial charge in [0, 0.05) is 33.6 Å². The topological polar surface area (TPSA) is 80.2 Å². The van der Waals surface area contributed by atoms with Crippen molar-refractivity contribution in [1.82, 2.24) is 10.4 Å². The van der Waals surface area contributed by atoms with Gasteiger partial charge in [0.2, 0.25) is 0 Å². The van der Waals surface area contributed by atoms with E-state index in [0.29, 0.717) is 22.1 Å². The predicted octanol–water partition coefficient (Wildman–Crippen LogP) is 4.89. The number of nitrogens with one attached hydrogen (secondary N) is 1. The first-order chi connectivity index (χ1) is 16.4. The van der Waals surface area contributed by atoms with Crippen LogP contribution in [0.15, 0.2) is 46.0 Å². The van der Waals surface area contributed by atoms with Crippen LogP contribution in [0.5, 0.6) is 0 Å². The monoisotopic (exact) mass is 573 g/mol. The molecule has 1 unspecified atom stereocenters. The minimum Gasteiger partial charge on any atom is -0.374 e. The summed E-state index contributed by atoms with van der Waals surface area (Å²) < 4.78 is 43.1. The normalized spacial score (nSPS) is 22.3. The van der Waals surface area contributed by atoms with Crippen LogP contribution in [0.4, 0.5) is 13.2 Å². The number of rotatable bonds is 5. The maximum Gasteiger partial charge on any atom is 0.435 e. The molecule has 1 saturated heterocycles. The van der Waals surface area contributed by atoms with Crippen LogP contribution in [0.25, 0.3) is 0 Å². The van der Waals surface area contributed by atoms with Gasteiger partial charge in [-0.05, 0) is 55.3 Å². The van der Waals surface area contributed by atoms with Crippen molar-refractivity contribution in [1.29, 1.82) is 0 Å². The number of halogens is 5. The zero-order chi connectivity index (χ0) is 25.5. The van der Waals surface area contributed by atoms with Crippen LogP contribution in [0.1, 0.15) is 40.4 Å². The lowest BCUT2D eigenvalue weighted by Crippen LogP contribution is -2.43. The van der Waals surface area contributed by atoms with Crippen molar-refractivity contribution in [3.63, 3.8) is 0 Å². The highest BCUT2D eigenvalue weighted by molar-refractivity contribution is 9.10. The van der Waals surface area contributed by atoms with Gasteiger partial charge in [-0.1, -0.05) is 38.8 Å². The number of oxime groups is 1. The molecule has 7 nitrogen and oxygen atoms in total. The largest absolute Gasteiger partial charge is 0.435 e. The fraction of sp³-hybridized carbons (Fsp3) is 0.348. The Morgan fingerprint density at radius 2 is 2.06 bits per heavy atom. The maximum absolute atomic E-state index is 14.2. The molecule has 2 atom stereocenters. The molecule has 0 radical (unpaired) electrons. The lowest BCUT2D eigenvalue weighted by atomic mass is 9.86. The Morgan fingerprint density at radius 1 is 1.31 bits per heavy atom. The lowest BCUT2D eigenvalue weighted by Gasteiger charge is -2.29. The highest BCUT2D eigenvalue weighted by Gasteiger charge is 2.62. The van der Waals surface area contributed by atoms with E-state index < -0.39 is 30.1 Å². The number of benzene rings is 2. The molecule has 1 fully saturated rings. The van der Waals surface area contributed by atoms with Gasteiger partial charge >= 0.3 is 6.18 Å². The molecule has 1 N–H and O–H groups in total. The van der Waals surface area contributed by atoms with E-state index in [4.69, 9.17) is 21.3 Å². The van der Waals surface area contributed by atoms with Crippen LogP contribution >= 0.6 is 27.5 Å². The molecule has 2 heterocycles. The third-order valence-electron chi connectivity index (χ3n) is 5.85. The average Bonchev–Trinajstić information content (AvgIpc) is 3.38. The van der Waals surface area contributed by atoms with Crippen LogP contribution in [-0.4, -0.2) is 48.0 Å². The first-order valence-corrected chi connectivity index (χ1v) is 11.8. The summed E-state index contributed by atoms with van der Waals surface area (Å²) in [5.74, 6) is -0.837. The van der Waals surface area contributed by atoms with Gasteiger partial charge in [-0.25, -0.2) is 5.06 Å². The van der Waals surface area contributed by atoms with E-state index in [9.17, 15) is 22.8 Å². The van der Waals surface area contributed by atoms with Crippen LogP contribution in [-0.2, 0) is 20.1 Å². The highest BCUT2D eigenvalue weighted by atomic mass is 79.9. The summed E-state index contributed by atoms with van der Waals surface area (Å²) in [6.45, 7) is 3.78. The highest BCUT2D eigenvalue weighted by Crippen LogP contribution is 2.49. The molecule has 35 heavy (non-hydrogen) atoms. The van der Waals surface area contributed by atoms with Gasteiger partial charge in [0.05, 0.1) is 5.71 Å². The Balaban J connectivity index is 1.56. The maximum atomic E-state index is 14.2. The van der Waals surface area contributed by atoms with Gasteiger partial charge < -0.3 is 10.2 Å². The third kappa shape index (κ3) is 4.76. The van der Waals surface area contributed by atoms with Gasteiger partial charge in [0.1, 0.15) is 12.6 Å². The van der Waals surface area contributed by atoms with Crippen molar-refractivity contribution in [2.24, 2.45) is 5.16 Å². The van der Waals surface area contributed by atoms with Crippen LogP contribution in [0, 0.1) is 6.92 Å². The second-order valence-corrected chi connectivity index (χ2v) is 9.53. The quantitative estimate of drug-likeness (QED) is 0.552. The fourth-order valence-electron chi connectivity index (χ4n) is 4.00. The van der Waals surface area contributed by atoms with E-state index in [-0.39, 0.29) is 34.4 Å². The molecule has 0 bridgehead atoms. The number of amides is 2. The summed E-state index contributed by atoms with van der Waals surface area (Å²) in [5, 5.41) is 7.68. The number of hydrogen-bond donors (Lipinski definition) is 1. The summed E-state index contributed by atoms with van der Waals surface area (Å²) in [4.78, 5) is 35.2. The number of alkyl halides is 3. The van der Waals surface area contributed by atoms with Gasteiger partial charge in [0.25, 0.3) is 17.4 Å². The van der Waals surface area contributed by atoms with Crippen LogP contribution in [0.3, 0.4) is 0 Å². The van der Waals surface area contributed by atoms with E-state index in [1.54, 1.807) is 19.9 Å². The van der Waals surface area contributed by atoms with E-state index in [1.807, 2.05) is 0 Å². The molecular weight excluding hydrogens is 555 g/mol. The molecule has 2 aliphatic heterocycles. The molecule has 0 aromatic heterocycles. The number of hydroxylamine groups is 2. The number of hydrogen-bond acceptors (Lipinski definition) is 5. The Bertz CT molecular complexity index is 1200. The van der Waals surface area contributed by atoms with E-state index in [2.05, 4.69) is 26.4 Å². The summed E-state index contributed by atoms with van der Waals surface area (Å²) >= 11 is 9.16. The van der Waals surface area contributed by atoms with Crippen molar-refractivity contribution in [3.8, 4) is 0 Å². The Kier molecular flexibility index (Phi) is 6.87. The van der Waals surface area contributed by atoms with Crippen molar-refractivity contribution < 1.29 is 32.4 Å². The molecule has 186 valence electrons. The lowest BCUT2D eigenvalue weighted by molar-refractivity contribution is -0.275. The Morgan fingerprint density at radius 3 is 2.66 bits per heavy atom. The molecule has 0 saturated carbocycles. The molecule has 4 rings (SSSR count). The molecule has 2 aromatic carbocycles. The van der Waals surface area contributed by atoms with Gasteiger partial charge in [-0.3, -0.25) is 14.4 Å². The van der Waals surface area contributed by atoms with Gasteiger partial charge in [-0.2, -0.15) is 13.2 Å². The number of carbonyl (C=O) groups is 2. The fourth-order valence-corrected chi connectivity index (χ4v) is 4.86. The van der Waals surface area contributed by atoms with E-state index in [0.717, 1.165) is 0 Å². The van der Waals surface area contributed by atoms with E-state index in [1.165, 1.54) is 35.4 Å². The van der Waals surface area contributed by atoms with Crippen molar-refractivity contribution in [3.05, 3.63) is 68.1 Å². The SMILES string of the molecule is CCN1OC[C@@H](NC(=O)c2ccc(C3=NOC(c4cc(Cl)cc(Br)c4)(C(F)(F)F)C3)cc2C)C1=O. The summed E-state index contributed by atoms with van der Waals surface area (Å²) in [6, 6.07) is 7.69. The molecular formula is C23H20BrClF3N3O4. The second-order valence-electron chi connectivity index (χ2n) is 8.17. The molecule has 12 heteroatoms. The molecule has 2 amide bonds. The molecule has 2 aliphatic rings. The average molecular weight is 575 g/mol. The number of likely N-dealkylation sites (N-methyl/N-ethyl adjacent to an activating group) is 1. The molecule has 0 aliphatic carbocycles. The summed E-state index contributed by atoms with van der Waals surface area (Å²) in [5.41, 5.74) is -1.66. The first-order valence-electron chi connectivity index (χ1n) is 10.6. The van der Waals surface area contributed by atoms with Crippen LogP contribution in [0.2, 0.25) is 5.02 Å². The number of nitrogens with zero attached hydrogens (tertiary/aromatic N) is 2. The Labute approximate surface area is 212 Å². The summed E-state index contributed by atoms with van der Waals surface area (Å²) in [6.07, 6.45) is -5.35. The molecule has 2 aromatic rings. The second kappa shape index (κ2) is 9.44. The standard InChI is InChI=1S/C23H20BrClF3N3O4/c1-3-31-21(33)19(11-34-31)29-20(32)17-5-4-13(6-12(17)2)18-10-22(35-30-18,23(26,27)28)14-7-15(24)9-16(25)8-14/h4-9,19H,3,10-11H2,1-2H3,(H,29,32)/t19-,22?/m1/s1. The van der Waals surface area contributed by atoms with Crippen molar-refractivity contribution in [2.75, 3.05) is 13.2 Å². The van der Waals surface area contributed by atoms with Gasteiger partial charge in [-0.15, -0.1) is 0 Å². The molecule has 0 spiro atoms. The van der Waals surface area contributed by atoms with Crippen molar-refractivity contribution >= 4 is 45.1 Å². The minimum atomic E-state index is -4.78. The number of aryl methyl sites for hydroxylation is 1. The summed E-state index contributed by atoms with van der Waals surface area (Å²) in [7, 11) is 0. The Hall–Kier alpha value is -2.63. The number of carbonyl (C=O) groups excluding carboxylic acids is 2. The van der Waals surface area contributed by atoms with Gasteiger partial charge in [0.15, 0.2) is 0 Å². The third-order valence-corrected chi connectivity index (χ3v) is 6.53. The smallest absolute Gasteiger partial charge is 0.374 e. The minimum absolute atomic E-state index is 0.0306. The van der Waals surface area contributed by atoms with E-state index >= 15 is 0 Å². The zero-order valence-corrected chi connectivity index (χ0v) is 20.9. The zero-order valence-electron chi connectivity index (χ0n) is 18.6. The first kappa shape index (κ1) is 25.5. The van der Waals surface area contributed by atoms with Crippen molar-refractivity contribution in [2.45, 2.75) is 38.1 Å². The predicted molar refractivity (Wildman–Crippen MR) is 125 cm³/mol.